The third-order valence-corrected chi connectivity index (χ3v) is 4.38. The van der Waals surface area contributed by atoms with E-state index in [0.29, 0.717) is 18.4 Å². The predicted octanol–water partition coefficient (Wildman–Crippen LogP) is 5.09. The Kier molecular flexibility index (Phi) is 15.4. The first-order valence-corrected chi connectivity index (χ1v) is 10.8. The van der Waals surface area contributed by atoms with Crippen LogP contribution in [-0.4, -0.2) is 44.9 Å². The maximum absolute atomic E-state index is 11.6. The number of benzene rings is 1. The number of aliphatic carboxylic acids is 3. The Hall–Kier alpha value is -3.45. The number of aliphatic hydroxyl groups excluding tert-OH is 1. The molecule has 0 spiro atoms. The number of unbranched alkanes of at least 4 members (excludes halogenated alkanes) is 2. The molecule has 0 saturated carbocycles. The lowest BCUT2D eigenvalue weighted by atomic mass is 10.00. The number of rotatable bonds is 13. The summed E-state index contributed by atoms with van der Waals surface area (Å²) in [4.78, 5) is 32.7. The maximum Gasteiger partial charge on any atom is 0.331 e. The number of hydrogen-bond donors (Lipinski definition) is 4. The van der Waals surface area contributed by atoms with E-state index >= 15 is 0 Å². The van der Waals surface area contributed by atoms with Gasteiger partial charge in [0.05, 0.1) is 0 Å². The van der Waals surface area contributed by atoms with Gasteiger partial charge in [0.2, 0.25) is 0 Å². The van der Waals surface area contributed by atoms with Crippen molar-refractivity contribution in [2.24, 2.45) is 0 Å². The zero-order valence-electron chi connectivity index (χ0n) is 19.3. The smallest absolute Gasteiger partial charge is 0.331 e. The van der Waals surface area contributed by atoms with Gasteiger partial charge in [-0.15, -0.1) is 0 Å². The predicted molar refractivity (Wildman–Crippen MR) is 129 cm³/mol. The van der Waals surface area contributed by atoms with E-state index in [-0.39, 0.29) is 29.7 Å². The van der Waals surface area contributed by atoms with Gasteiger partial charge in [0.1, 0.15) is 0 Å². The molecule has 1 rings (SSSR count). The van der Waals surface area contributed by atoms with Crippen molar-refractivity contribution in [3.8, 4) is 0 Å². The van der Waals surface area contributed by atoms with Gasteiger partial charge in [0, 0.05) is 23.3 Å². The fourth-order valence-electron chi connectivity index (χ4n) is 2.59. The average molecular weight is 459 g/mol. The Morgan fingerprint density at radius 3 is 1.73 bits per heavy atom. The van der Waals surface area contributed by atoms with E-state index in [2.05, 4.69) is 6.58 Å². The summed E-state index contributed by atoms with van der Waals surface area (Å²) in [5.74, 6) is -3.00. The normalized spacial score (nSPS) is 11.9. The molecular formula is C26H34O7. The number of aliphatic hydroxyl groups is 1. The summed E-state index contributed by atoms with van der Waals surface area (Å²) in [5.41, 5.74) is 1.94. The van der Waals surface area contributed by atoms with Gasteiger partial charge in [-0.2, -0.15) is 0 Å². The Bertz CT molecular complexity index is 865. The Labute approximate surface area is 195 Å². The Morgan fingerprint density at radius 2 is 1.33 bits per heavy atom. The van der Waals surface area contributed by atoms with Gasteiger partial charge < -0.3 is 20.4 Å². The van der Waals surface area contributed by atoms with E-state index in [9.17, 15) is 24.6 Å². The summed E-state index contributed by atoms with van der Waals surface area (Å²) in [6.45, 7) is 6.55. The first-order valence-electron chi connectivity index (χ1n) is 10.8. The fourth-order valence-corrected chi connectivity index (χ4v) is 2.59. The minimum atomic E-state index is -1.07. The molecule has 0 fully saturated rings. The first kappa shape index (κ1) is 29.5. The standard InChI is InChI=1S/C22H28O5.C4H6O2/c1-2-3-5-11-19(21(24)25)15-18(14-17-9-6-4-7-10-17)16-20(22(26)27)12-8-13-23;1-3(2)4(5)6/h4,6-7,9-10,14-16,23H,2-3,5,8,11-13H2,1H3,(H,24,25)(H,26,27);1H2,2H3,(H,5,6). The van der Waals surface area contributed by atoms with Crippen molar-refractivity contribution < 1.29 is 34.8 Å². The van der Waals surface area contributed by atoms with Crippen molar-refractivity contribution in [3.63, 3.8) is 0 Å². The van der Waals surface area contributed by atoms with E-state index in [1.165, 1.54) is 13.0 Å². The molecule has 0 aliphatic rings. The molecule has 0 aliphatic heterocycles. The monoisotopic (exact) mass is 458 g/mol. The summed E-state index contributed by atoms with van der Waals surface area (Å²) in [6, 6.07) is 9.33. The minimum Gasteiger partial charge on any atom is -0.478 e. The van der Waals surface area contributed by atoms with Crippen LogP contribution in [0, 0.1) is 0 Å². The van der Waals surface area contributed by atoms with E-state index in [1.807, 2.05) is 37.3 Å². The molecule has 0 bridgehead atoms. The molecule has 0 amide bonds. The van der Waals surface area contributed by atoms with E-state index < -0.39 is 17.9 Å². The second kappa shape index (κ2) is 17.1. The van der Waals surface area contributed by atoms with Crippen molar-refractivity contribution in [1.29, 1.82) is 0 Å². The molecule has 0 radical (unpaired) electrons. The van der Waals surface area contributed by atoms with Crippen molar-refractivity contribution in [2.75, 3.05) is 6.61 Å². The highest BCUT2D eigenvalue weighted by Crippen LogP contribution is 2.19. The molecule has 7 nitrogen and oxygen atoms in total. The highest BCUT2D eigenvalue weighted by Gasteiger charge is 2.11. The number of allylic oxidation sites excluding steroid dienone is 3. The molecule has 0 aromatic heterocycles. The fraction of sp³-hybridized carbons (Fsp3) is 0.346. The lowest BCUT2D eigenvalue weighted by Gasteiger charge is -2.06. The molecule has 0 saturated heterocycles. The molecule has 0 aliphatic carbocycles. The Balaban J connectivity index is 0.00000150. The zero-order valence-corrected chi connectivity index (χ0v) is 19.3. The van der Waals surface area contributed by atoms with Crippen LogP contribution in [0.2, 0.25) is 0 Å². The molecule has 0 unspecified atom stereocenters. The van der Waals surface area contributed by atoms with Crippen molar-refractivity contribution >= 4 is 24.0 Å². The van der Waals surface area contributed by atoms with Crippen molar-refractivity contribution in [3.05, 3.63) is 76.9 Å². The third-order valence-electron chi connectivity index (χ3n) is 4.38. The molecule has 180 valence electrons. The van der Waals surface area contributed by atoms with Gasteiger partial charge in [-0.05, 0) is 62.0 Å². The van der Waals surface area contributed by atoms with Crippen LogP contribution in [0.5, 0.6) is 0 Å². The summed E-state index contributed by atoms with van der Waals surface area (Å²) in [5, 5.41) is 35.8. The Morgan fingerprint density at radius 1 is 0.848 bits per heavy atom. The van der Waals surface area contributed by atoms with E-state index in [0.717, 1.165) is 24.8 Å². The highest BCUT2D eigenvalue weighted by atomic mass is 16.4. The van der Waals surface area contributed by atoms with Gasteiger partial charge in [0.15, 0.2) is 0 Å². The lowest BCUT2D eigenvalue weighted by molar-refractivity contribution is -0.133. The maximum atomic E-state index is 11.6. The van der Waals surface area contributed by atoms with Gasteiger partial charge in [-0.25, -0.2) is 14.4 Å². The van der Waals surface area contributed by atoms with Crippen molar-refractivity contribution in [1.82, 2.24) is 0 Å². The summed E-state index contributed by atoms with van der Waals surface area (Å²) >= 11 is 0. The highest BCUT2D eigenvalue weighted by molar-refractivity contribution is 5.90. The van der Waals surface area contributed by atoms with Crippen LogP contribution < -0.4 is 0 Å². The van der Waals surface area contributed by atoms with Gasteiger partial charge >= 0.3 is 17.9 Å². The third kappa shape index (κ3) is 14.3. The van der Waals surface area contributed by atoms with E-state index in [1.54, 1.807) is 12.2 Å². The molecule has 0 heterocycles. The molecule has 33 heavy (non-hydrogen) atoms. The van der Waals surface area contributed by atoms with Crippen LogP contribution in [-0.2, 0) is 14.4 Å². The largest absolute Gasteiger partial charge is 0.478 e. The number of carboxylic acid groups (broad SMARTS) is 3. The second-order valence-electron chi connectivity index (χ2n) is 7.37. The summed E-state index contributed by atoms with van der Waals surface area (Å²) < 4.78 is 0. The lowest BCUT2D eigenvalue weighted by Crippen LogP contribution is -2.04. The SMILES string of the molecule is C=C(C)C(=O)O.CCCCCC(=CC(=Cc1ccccc1)C=C(CCCO)C(=O)O)C(=O)O. The van der Waals surface area contributed by atoms with Gasteiger partial charge in [0.25, 0.3) is 0 Å². The van der Waals surface area contributed by atoms with Crippen LogP contribution in [0.25, 0.3) is 6.08 Å². The van der Waals surface area contributed by atoms with Crippen LogP contribution in [0.1, 0.15) is 57.9 Å². The van der Waals surface area contributed by atoms with Crippen LogP contribution >= 0.6 is 0 Å². The zero-order chi connectivity index (χ0) is 25.2. The number of carboxylic acids is 3. The van der Waals surface area contributed by atoms with Crippen LogP contribution in [0.4, 0.5) is 0 Å². The van der Waals surface area contributed by atoms with E-state index in [4.69, 9.17) is 10.2 Å². The second-order valence-corrected chi connectivity index (χ2v) is 7.37. The molecular weight excluding hydrogens is 424 g/mol. The minimum absolute atomic E-state index is 0.102. The average Bonchev–Trinajstić information content (AvgIpc) is 2.76. The summed E-state index contributed by atoms with van der Waals surface area (Å²) in [7, 11) is 0. The van der Waals surface area contributed by atoms with Crippen molar-refractivity contribution in [2.45, 2.75) is 52.4 Å². The topological polar surface area (TPSA) is 132 Å². The molecule has 1 aromatic carbocycles. The molecule has 7 heteroatoms. The molecule has 0 atom stereocenters. The van der Waals surface area contributed by atoms with Crippen LogP contribution in [0.15, 0.2) is 71.4 Å². The van der Waals surface area contributed by atoms with Crippen LogP contribution in [0.3, 0.4) is 0 Å². The molecule has 1 aromatic rings. The first-order chi connectivity index (χ1) is 15.6. The number of hydrogen-bond acceptors (Lipinski definition) is 4. The van der Waals surface area contributed by atoms with Gasteiger partial charge in [-0.1, -0.05) is 56.7 Å². The summed E-state index contributed by atoms with van der Waals surface area (Å²) in [6.07, 6.45) is 8.49. The quantitative estimate of drug-likeness (QED) is 0.184. The molecule has 4 N–H and O–H groups in total. The van der Waals surface area contributed by atoms with Gasteiger partial charge in [-0.3, -0.25) is 0 Å². The number of carbonyl (C=O) groups is 3.